The van der Waals surface area contributed by atoms with Gasteiger partial charge in [-0.05, 0) is 75.3 Å². The van der Waals surface area contributed by atoms with Crippen molar-refractivity contribution in [3.05, 3.63) is 29.8 Å². The summed E-state index contributed by atoms with van der Waals surface area (Å²) < 4.78 is 27.1. The van der Waals surface area contributed by atoms with Crippen molar-refractivity contribution in [2.45, 2.75) is 56.8 Å². The molecular formula is C22H32N2O3S. The minimum atomic E-state index is -3.46. The summed E-state index contributed by atoms with van der Waals surface area (Å²) in [5.74, 6) is 2.70. The molecule has 2 saturated carbocycles. The highest BCUT2D eigenvalue weighted by Crippen LogP contribution is 2.49. The van der Waals surface area contributed by atoms with E-state index in [1.807, 2.05) is 19.1 Å². The first-order valence-electron chi connectivity index (χ1n) is 10.8. The van der Waals surface area contributed by atoms with E-state index >= 15 is 0 Å². The van der Waals surface area contributed by atoms with Gasteiger partial charge in [-0.1, -0.05) is 24.1 Å². The number of piperidine rings is 1. The maximum absolute atomic E-state index is 12.8. The lowest BCUT2D eigenvalue weighted by atomic mass is 9.86. The van der Waals surface area contributed by atoms with Crippen molar-refractivity contribution in [3.63, 3.8) is 0 Å². The molecule has 0 radical (unpaired) electrons. The van der Waals surface area contributed by atoms with Crippen LogP contribution in [0.5, 0.6) is 0 Å². The Morgan fingerprint density at radius 2 is 1.79 bits per heavy atom. The molecule has 0 aromatic heterocycles. The van der Waals surface area contributed by atoms with Crippen molar-refractivity contribution in [1.29, 1.82) is 0 Å². The maximum Gasteiger partial charge on any atom is 0.243 e. The lowest BCUT2D eigenvalue weighted by Crippen LogP contribution is -2.43. The zero-order valence-corrected chi connectivity index (χ0v) is 17.6. The number of nitrogens with one attached hydrogen (secondary N) is 1. The topological polar surface area (TPSA) is 66.5 Å². The SMILES string of the molecule is Cc1ccc(S(=O)(=O)N2CCC(C(=O)NCCC3CC4CCC3C4)CC2)cc1. The summed E-state index contributed by atoms with van der Waals surface area (Å²) in [7, 11) is -3.46. The van der Waals surface area contributed by atoms with E-state index in [0.29, 0.717) is 30.8 Å². The minimum Gasteiger partial charge on any atom is -0.356 e. The van der Waals surface area contributed by atoms with Crippen molar-refractivity contribution < 1.29 is 13.2 Å². The third-order valence-electron chi connectivity index (χ3n) is 7.18. The van der Waals surface area contributed by atoms with E-state index in [1.165, 1.54) is 30.0 Å². The van der Waals surface area contributed by atoms with Gasteiger partial charge in [0.25, 0.3) is 0 Å². The van der Waals surface area contributed by atoms with Gasteiger partial charge in [-0.25, -0.2) is 8.42 Å². The zero-order valence-electron chi connectivity index (χ0n) is 16.8. The van der Waals surface area contributed by atoms with Crippen molar-refractivity contribution >= 4 is 15.9 Å². The second-order valence-electron chi connectivity index (χ2n) is 9.01. The number of amides is 1. The predicted molar refractivity (Wildman–Crippen MR) is 109 cm³/mol. The van der Waals surface area contributed by atoms with Gasteiger partial charge in [-0.2, -0.15) is 4.31 Å². The molecule has 4 rings (SSSR count). The molecule has 3 fully saturated rings. The summed E-state index contributed by atoms with van der Waals surface area (Å²) in [6.07, 6.45) is 7.88. The Morgan fingerprint density at radius 3 is 2.39 bits per heavy atom. The van der Waals surface area contributed by atoms with Crippen molar-refractivity contribution in [1.82, 2.24) is 9.62 Å². The van der Waals surface area contributed by atoms with E-state index in [0.717, 1.165) is 36.3 Å². The average Bonchev–Trinajstić information content (AvgIpc) is 3.32. The van der Waals surface area contributed by atoms with Gasteiger partial charge in [0.1, 0.15) is 0 Å². The molecule has 1 aliphatic heterocycles. The quantitative estimate of drug-likeness (QED) is 0.791. The third-order valence-corrected chi connectivity index (χ3v) is 9.10. The van der Waals surface area contributed by atoms with E-state index in [9.17, 15) is 13.2 Å². The lowest BCUT2D eigenvalue weighted by molar-refractivity contribution is -0.126. The standard InChI is InChI=1S/C22H32N2O3S/c1-16-2-6-21(7-3-16)28(26,27)24-12-9-18(10-13-24)22(25)23-11-8-20-15-17-4-5-19(20)14-17/h2-3,6-7,17-20H,4-5,8-15H2,1H3,(H,23,25). The average molecular weight is 405 g/mol. The van der Waals surface area contributed by atoms with Crippen molar-refractivity contribution in [2.75, 3.05) is 19.6 Å². The Morgan fingerprint density at radius 1 is 1.07 bits per heavy atom. The summed E-state index contributed by atoms with van der Waals surface area (Å²) in [5, 5.41) is 3.12. The first kappa shape index (κ1) is 19.9. The highest BCUT2D eigenvalue weighted by atomic mass is 32.2. The van der Waals surface area contributed by atoms with Crippen LogP contribution in [0.4, 0.5) is 0 Å². The summed E-state index contributed by atoms with van der Waals surface area (Å²) in [6, 6.07) is 6.98. The molecule has 5 nitrogen and oxygen atoms in total. The van der Waals surface area contributed by atoms with Gasteiger partial charge >= 0.3 is 0 Å². The first-order valence-corrected chi connectivity index (χ1v) is 12.2. The van der Waals surface area contributed by atoms with Gasteiger partial charge in [0, 0.05) is 25.6 Å². The molecule has 28 heavy (non-hydrogen) atoms. The molecule has 2 aliphatic carbocycles. The number of hydrogen-bond acceptors (Lipinski definition) is 3. The Kier molecular flexibility index (Phi) is 5.79. The molecule has 1 aromatic rings. The van der Waals surface area contributed by atoms with Crippen LogP contribution >= 0.6 is 0 Å². The monoisotopic (exact) mass is 404 g/mol. The second kappa shape index (κ2) is 8.15. The molecule has 3 aliphatic rings. The lowest BCUT2D eigenvalue weighted by Gasteiger charge is -2.30. The number of sulfonamides is 1. The highest BCUT2D eigenvalue weighted by molar-refractivity contribution is 7.89. The molecule has 3 atom stereocenters. The fraction of sp³-hybridized carbons (Fsp3) is 0.682. The van der Waals surface area contributed by atoms with E-state index in [1.54, 1.807) is 12.1 Å². The fourth-order valence-corrected chi connectivity index (χ4v) is 6.94. The van der Waals surface area contributed by atoms with Crippen LogP contribution in [0.1, 0.15) is 50.5 Å². The van der Waals surface area contributed by atoms with Gasteiger partial charge in [-0.3, -0.25) is 4.79 Å². The molecule has 1 aromatic carbocycles. The van der Waals surface area contributed by atoms with Crippen LogP contribution in [0, 0.1) is 30.6 Å². The Bertz CT molecular complexity index is 798. The first-order chi connectivity index (χ1) is 13.4. The van der Waals surface area contributed by atoms with E-state index in [-0.39, 0.29) is 11.8 Å². The smallest absolute Gasteiger partial charge is 0.243 e. The third kappa shape index (κ3) is 4.13. The number of nitrogens with zero attached hydrogens (tertiary/aromatic N) is 1. The van der Waals surface area contributed by atoms with Gasteiger partial charge < -0.3 is 5.32 Å². The number of carbonyl (C=O) groups is 1. The summed E-state index contributed by atoms with van der Waals surface area (Å²) in [6.45, 7) is 3.55. The maximum atomic E-state index is 12.8. The van der Waals surface area contributed by atoms with Gasteiger partial charge in [0.2, 0.25) is 15.9 Å². The van der Waals surface area contributed by atoms with Crippen LogP contribution in [0.15, 0.2) is 29.2 Å². The predicted octanol–water partition coefficient (Wildman–Crippen LogP) is 3.34. The number of benzene rings is 1. The summed E-state index contributed by atoms with van der Waals surface area (Å²) >= 11 is 0. The Balaban J connectivity index is 1.23. The van der Waals surface area contributed by atoms with Crippen LogP contribution in [-0.4, -0.2) is 38.3 Å². The molecule has 3 unspecified atom stereocenters. The van der Waals surface area contributed by atoms with Crippen molar-refractivity contribution in [3.8, 4) is 0 Å². The van der Waals surface area contributed by atoms with E-state index in [2.05, 4.69) is 5.32 Å². The van der Waals surface area contributed by atoms with Crippen LogP contribution in [0.2, 0.25) is 0 Å². The summed E-state index contributed by atoms with van der Waals surface area (Å²) in [4.78, 5) is 12.9. The number of carbonyl (C=O) groups excluding carboxylic acids is 1. The highest BCUT2D eigenvalue weighted by Gasteiger charge is 2.39. The Hall–Kier alpha value is -1.40. The molecule has 0 spiro atoms. The molecule has 1 saturated heterocycles. The van der Waals surface area contributed by atoms with Crippen molar-refractivity contribution in [2.24, 2.45) is 23.7 Å². The largest absolute Gasteiger partial charge is 0.356 e. The van der Waals surface area contributed by atoms with Gasteiger partial charge in [-0.15, -0.1) is 0 Å². The molecule has 6 heteroatoms. The van der Waals surface area contributed by atoms with Crippen LogP contribution < -0.4 is 5.32 Å². The molecule has 154 valence electrons. The molecule has 1 heterocycles. The number of rotatable bonds is 6. The zero-order chi connectivity index (χ0) is 19.7. The van der Waals surface area contributed by atoms with E-state index in [4.69, 9.17) is 0 Å². The number of fused-ring (bicyclic) bond motifs is 2. The molecule has 2 bridgehead atoms. The minimum absolute atomic E-state index is 0.0653. The number of aryl methyl sites for hydroxylation is 1. The van der Waals surface area contributed by atoms with Crippen LogP contribution in [0.25, 0.3) is 0 Å². The van der Waals surface area contributed by atoms with E-state index < -0.39 is 10.0 Å². The molecule has 1 amide bonds. The fourth-order valence-electron chi connectivity index (χ4n) is 5.47. The second-order valence-corrected chi connectivity index (χ2v) is 10.9. The van der Waals surface area contributed by atoms with Gasteiger partial charge in [0.05, 0.1) is 4.90 Å². The van der Waals surface area contributed by atoms with Gasteiger partial charge in [0.15, 0.2) is 0 Å². The number of hydrogen-bond donors (Lipinski definition) is 1. The van der Waals surface area contributed by atoms with Crippen LogP contribution in [-0.2, 0) is 14.8 Å². The molecular weight excluding hydrogens is 372 g/mol. The Labute approximate surface area is 168 Å². The molecule has 1 N–H and O–H groups in total. The normalized spacial score (nSPS) is 28.5. The summed E-state index contributed by atoms with van der Waals surface area (Å²) in [5.41, 5.74) is 1.04. The van der Waals surface area contributed by atoms with Crippen LogP contribution in [0.3, 0.4) is 0 Å².